The Bertz CT molecular complexity index is 847. The van der Waals surface area contributed by atoms with Crippen LogP contribution in [-0.4, -0.2) is 71.0 Å². The number of halogens is 4. The number of benzene rings is 1. The van der Waals surface area contributed by atoms with Crippen molar-refractivity contribution in [2.75, 3.05) is 32.7 Å². The van der Waals surface area contributed by atoms with Crippen LogP contribution in [0.3, 0.4) is 0 Å². The number of piperidine rings is 1. The summed E-state index contributed by atoms with van der Waals surface area (Å²) in [5.74, 6) is -1.56. The first kappa shape index (κ1) is 21.5. The number of hydrogen-bond acceptors (Lipinski definition) is 5. The first-order valence-corrected chi connectivity index (χ1v) is 9.51. The van der Waals surface area contributed by atoms with E-state index in [4.69, 9.17) is 9.63 Å². The lowest BCUT2D eigenvalue weighted by molar-refractivity contribution is -0.210. The maximum atomic E-state index is 13.3. The summed E-state index contributed by atoms with van der Waals surface area (Å²) in [5.41, 5.74) is 1.20. The normalized spacial score (nSPS) is 17.6. The molecule has 6 nitrogen and oxygen atoms in total. The molecule has 2 aromatic rings. The maximum absolute atomic E-state index is 13.3. The van der Waals surface area contributed by atoms with Crippen LogP contribution in [0, 0.1) is 5.82 Å². The highest BCUT2D eigenvalue weighted by molar-refractivity contribution is 5.81. The number of aliphatic hydroxyl groups excluding tert-OH is 1. The van der Waals surface area contributed by atoms with Gasteiger partial charge in [0.05, 0.1) is 5.69 Å². The zero-order valence-corrected chi connectivity index (χ0v) is 16.0. The van der Waals surface area contributed by atoms with E-state index in [1.165, 1.54) is 12.1 Å². The molecule has 3 rings (SSSR count). The Balaban J connectivity index is 1.53. The molecule has 1 aromatic heterocycles. The van der Waals surface area contributed by atoms with Crippen molar-refractivity contribution in [2.45, 2.75) is 38.0 Å². The number of aliphatic hydroxyl groups is 1. The van der Waals surface area contributed by atoms with Crippen molar-refractivity contribution in [1.82, 2.24) is 15.0 Å². The van der Waals surface area contributed by atoms with Gasteiger partial charge in [0.25, 0.3) is 5.91 Å². The summed E-state index contributed by atoms with van der Waals surface area (Å²) < 4.78 is 56.2. The lowest BCUT2D eigenvalue weighted by Gasteiger charge is -2.33. The van der Waals surface area contributed by atoms with Gasteiger partial charge < -0.3 is 19.4 Å². The second-order valence-electron chi connectivity index (χ2n) is 7.19. The van der Waals surface area contributed by atoms with E-state index in [-0.39, 0.29) is 24.8 Å². The highest BCUT2D eigenvalue weighted by Gasteiger charge is 2.45. The van der Waals surface area contributed by atoms with E-state index in [0.29, 0.717) is 25.2 Å². The van der Waals surface area contributed by atoms with Crippen LogP contribution in [0.4, 0.5) is 17.6 Å². The molecule has 1 fully saturated rings. The molecule has 0 aliphatic carbocycles. The van der Waals surface area contributed by atoms with Gasteiger partial charge in [-0.15, -0.1) is 0 Å². The number of likely N-dealkylation sites (N-methyl/N-ethyl adjacent to an activating group) is 1. The minimum atomic E-state index is -4.97. The van der Waals surface area contributed by atoms with Crippen LogP contribution in [0.5, 0.6) is 0 Å². The Morgan fingerprint density at radius 1 is 1.38 bits per heavy atom. The molecule has 1 atom stereocenters. The van der Waals surface area contributed by atoms with Gasteiger partial charge in [-0.1, -0.05) is 5.16 Å². The quantitative estimate of drug-likeness (QED) is 0.732. The summed E-state index contributed by atoms with van der Waals surface area (Å²) in [6.45, 7) is 3.57. The van der Waals surface area contributed by atoms with Gasteiger partial charge in [-0.05, 0) is 45.0 Å². The maximum Gasteiger partial charge on any atom is 0.423 e. The Hall–Kier alpha value is -2.20. The van der Waals surface area contributed by atoms with Gasteiger partial charge >= 0.3 is 6.18 Å². The summed E-state index contributed by atoms with van der Waals surface area (Å²) in [5, 5.41) is 14.0. The molecule has 0 radical (unpaired) electrons. The van der Waals surface area contributed by atoms with Crippen LogP contribution in [0.15, 0.2) is 22.7 Å². The molecule has 1 saturated heterocycles. The molecular formula is C19H23F4N3O3. The standard InChI is InChI=1S/C19H23F4N3O3/c1-2-26(18(28)17(27)19(21,22)23)10-9-25-7-5-12(6-8-25)16-14-4-3-13(20)11-15(14)29-24-16/h3-4,11-12,17,27H,2,5-10H2,1H3. The Morgan fingerprint density at radius 2 is 2.07 bits per heavy atom. The highest BCUT2D eigenvalue weighted by atomic mass is 19.4. The fourth-order valence-corrected chi connectivity index (χ4v) is 3.65. The van der Waals surface area contributed by atoms with E-state index in [2.05, 4.69) is 10.1 Å². The summed E-state index contributed by atoms with van der Waals surface area (Å²) in [7, 11) is 0. The average molecular weight is 417 g/mol. The van der Waals surface area contributed by atoms with Crippen molar-refractivity contribution in [3.05, 3.63) is 29.7 Å². The molecule has 2 heterocycles. The number of rotatable bonds is 6. The van der Waals surface area contributed by atoms with Crippen LogP contribution in [0.2, 0.25) is 0 Å². The van der Waals surface area contributed by atoms with Crippen LogP contribution in [0.1, 0.15) is 31.4 Å². The number of alkyl halides is 3. The van der Waals surface area contributed by atoms with Crippen LogP contribution in [-0.2, 0) is 4.79 Å². The number of hydrogen-bond donors (Lipinski definition) is 1. The van der Waals surface area contributed by atoms with Crippen molar-refractivity contribution < 1.29 is 32.0 Å². The van der Waals surface area contributed by atoms with E-state index in [0.717, 1.165) is 28.8 Å². The Kier molecular flexibility index (Phi) is 6.42. The van der Waals surface area contributed by atoms with E-state index in [1.807, 2.05) is 0 Å². The fourth-order valence-electron chi connectivity index (χ4n) is 3.65. The molecule has 1 aromatic carbocycles. The molecule has 1 N–H and O–H groups in total. The van der Waals surface area contributed by atoms with Crippen LogP contribution < -0.4 is 0 Å². The van der Waals surface area contributed by atoms with Crippen molar-refractivity contribution in [3.63, 3.8) is 0 Å². The van der Waals surface area contributed by atoms with Crippen molar-refractivity contribution in [1.29, 1.82) is 0 Å². The van der Waals surface area contributed by atoms with Gasteiger partial charge in [-0.3, -0.25) is 4.79 Å². The number of nitrogens with zero attached hydrogens (tertiary/aromatic N) is 3. The lowest BCUT2D eigenvalue weighted by Crippen LogP contribution is -2.49. The molecule has 1 amide bonds. The first-order valence-electron chi connectivity index (χ1n) is 9.51. The number of aromatic nitrogens is 1. The van der Waals surface area contributed by atoms with Gasteiger partial charge in [0.2, 0.25) is 6.10 Å². The van der Waals surface area contributed by atoms with E-state index in [1.54, 1.807) is 13.0 Å². The molecule has 0 saturated carbocycles. The predicted molar refractivity (Wildman–Crippen MR) is 96.7 cm³/mol. The third kappa shape index (κ3) is 4.87. The fraction of sp³-hybridized carbons (Fsp3) is 0.579. The number of fused-ring (bicyclic) bond motifs is 1. The Morgan fingerprint density at radius 3 is 2.69 bits per heavy atom. The second kappa shape index (κ2) is 8.66. The van der Waals surface area contributed by atoms with Crippen molar-refractivity contribution in [2.24, 2.45) is 0 Å². The molecule has 0 spiro atoms. The highest BCUT2D eigenvalue weighted by Crippen LogP contribution is 2.32. The predicted octanol–water partition coefficient (Wildman–Crippen LogP) is 2.92. The van der Waals surface area contributed by atoms with Gasteiger partial charge in [-0.25, -0.2) is 4.39 Å². The molecule has 1 aliphatic rings. The van der Waals surface area contributed by atoms with E-state index >= 15 is 0 Å². The van der Waals surface area contributed by atoms with Crippen LogP contribution in [0.25, 0.3) is 11.0 Å². The molecule has 160 valence electrons. The molecule has 1 unspecified atom stereocenters. The lowest BCUT2D eigenvalue weighted by atomic mass is 9.91. The third-order valence-corrected chi connectivity index (χ3v) is 5.36. The molecule has 1 aliphatic heterocycles. The van der Waals surface area contributed by atoms with Gasteiger partial charge in [0.15, 0.2) is 5.58 Å². The SMILES string of the molecule is CCN(CCN1CCC(c2noc3cc(F)ccc23)CC1)C(=O)C(O)C(F)(F)F. The smallest absolute Gasteiger partial charge is 0.376 e. The monoisotopic (exact) mass is 417 g/mol. The van der Waals surface area contributed by atoms with E-state index < -0.39 is 18.2 Å². The topological polar surface area (TPSA) is 69.8 Å². The minimum Gasteiger partial charge on any atom is -0.376 e. The third-order valence-electron chi connectivity index (χ3n) is 5.36. The summed E-state index contributed by atoms with van der Waals surface area (Å²) in [6, 6.07) is 4.32. The first-order chi connectivity index (χ1) is 13.7. The van der Waals surface area contributed by atoms with Gasteiger partial charge in [-0.2, -0.15) is 13.2 Å². The van der Waals surface area contributed by atoms with Gasteiger partial charge in [0, 0.05) is 37.0 Å². The number of carbonyl (C=O) groups excluding carboxylic acids is 1. The largest absolute Gasteiger partial charge is 0.423 e. The van der Waals surface area contributed by atoms with Crippen molar-refractivity contribution >= 4 is 16.9 Å². The number of amides is 1. The molecular weight excluding hydrogens is 394 g/mol. The van der Waals surface area contributed by atoms with Crippen molar-refractivity contribution in [3.8, 4) is 0 Å². The number of likely N-dealkylation sites (tertiary alicyclic amines) is 1. The number of carbonyl (C=O) groups is 1. The molecule has 0 bridgehead atoms. The summed E-state index contributed by atoms with van der Waals surface area (Å²) in [6.07, 6.45) is -6.42. The zero-order chi connectivity index (χ0) is 21.2. The average Bonchev–Trinajstić information content (AvgIpc) is 3.10. The van der Waals surface area contributed by atoms with Crippen LogP contribution >= 0.6 is 0 Å². The second-order valence-corrected chi connectivity index (χ2v) is 7.19. The summed E-state index contributed by atoms with van der Waals surface area (Å²) >= 11 is 0. The minimum absolute atomic E-state index is 0.0872. The zero-order valence-electron chi connectivity index (χ0n) is 16.0. The van der Waals surface area contributed by atoms with Gasteiger partial charge in [0.1, 0.15) is 5.82 Å². The Labute approximate surface area is 165 Å². The molecule has 10 heteroatoms. The molecule has 29 heavy (non-hydrogen) atoms. The summed E-state index contributed by atoms with van der Waals surface area (Å²) in [4.78, 5) is 14.9. The van der Waals surface area contributed by atoms with E-state index in [9.17, 15) is 22.4 Å².